The van der Waals surface area contributed by atoms with Gasteiger partial charge in [-0.1, -0.05) is 45.6 Å². The number of aromatic amines is 3. The van der Waals surface area contributed by atoms with Gasteiger partial charge in [0.2, 0.25) is 0 Å². The summed E-state index contributed by atoms with van der Waals surface area (Å²) < 4.78 is 21.6. The van der Waals surface area contributed by atoms with Crippen LogP contribution in [0.25, 0.3) is 50.4 Å². The van der Waals surface area contributed by atoms with E-state index < -0.39 is 0 Å². The maximum atomic E-state index is 11.9. The predicted molar refractivity (Wildman–Crippen MR) is 279 cm³/mol. The fourth-order valence-electron chi connectivity index (χ4n) is 12.4. The number of esters is 3. The molecular weight excluding hydrogens is 955 g/mol. The summed E-state index contributed by atoms with van der Waals surface area (Å²) in [6, 6.07) is 6.01. The molecule has 9 aromatic rings. The number of fused-ring (bicyclic) bond motifs is 9. The molecule has 0 aromatic carbocycles. The van der Waals surface area contributed by atoms with Gasteiger partial charge in [0.1, 0.15) is 17.5 Å². The van der Waals surface area contributed by atoms with Crippen LogP contribution in [0, 0.1) is 29.6 Å². The number of nitrogens with zero attached hydrogens (tertiary/aromatic N) is 12. The molecule has 0 bridgehead atoms. The van der Waals surface area contributed by atoms with Crippen LogP contribution in [-0.4, -0.2) is 111 Å². The largest absolute Gasteiger partial charge is 0.466 e. The lowest BCUT2D eigenvalue weighted by Gasteiger charge is -2.16. The molecule has 9 heterocycles. The fraction of sp³-hybridized carbons (Fsp3) is 0.519. The van der Waals surface area contributed by atoms with Crippen molar-refractivity contribution >= 4 is 68.3 Å². The van der Waals surface area contributed by atoms with Gasteiger partial charge < -0.3 is 29.2 Å². The highest BCUT2D eigenvalue weighted by molar-refractivity contribution is 5.83. The fourth-order valence-corrected chi connectivity index (χ4v) is 12.4. The first-order valence-electron chi connectivity index (χ1n) is 26.8. The molecule has 2 unspecified atom stereocenters. The average Bonchev–Trinajstić information content (AvgIpc) is 4.26. The molecule has 3 N–H and O–H groups in total. The Morgan fingerprint density at radius 3 is 1.31 bits per heavy atom. The topological polar surface area (TPSA) is 256 Å². The quantitative estimate of drug-likeness (QED) is 0.0521. The van der Waals surface area contributed by atoms with Crippen molar-refractivity contribution in [3.63, 3.8) is 0 Å². The van der Waals surface area contributed by atoms with Crippen LogP contribution in [-0.2, 0) is 28.6 Å². The van der Waals surface area contributed by atoms with E-state index in [0.29, 0.717) is 74.1 Å². The van der Waals surface area contributed by atoms with E-state index in [1.54, 1.807) is 24.7 Å². The number of hydrogen-bond acceptors (Lipinski definition) is 15. The van der Waals surface area contributed by atoms with Gasteiger partial charge in [-0.3, -0.25) is 22.8 Å². The van der Waals surface area contributed by atoms with E-state index >= 15 is 0 Å². The number of H-pyrrole nitrogens is 3. The van der Waals surface area contributed by atoms with Crippen LogP contribution in [0.1, 0.15) is 147 Å². The summed E-state index contributed by atoms with van der Waals surface area (Å²) in [4.78, 5) is 58.1. The summed E-state index contributed by atoms with van der Waals surface area (Å²) in [5, 5.41) is 26.4. The second-order valence-corrected chi connectivity index (χ2v) is 20.1. The molecule has 3 fully saturated rings. The van der Waals surface area contributed by atoms with Gasteiger partial charge >= 0.3 is 17.9 Å². The third-order valence-corrected chi connectivity index (χ3v) is 15.8. The van der Waals surface area contributed by atoms with Crippen molar-refractivity contribution in [2.24, 2.45) is 29.6 Å². The monoisotopic (exact) mass is 1020 g/mol. The molecule has 0 saturated heterocycles. The molecule has 3 saturated carbocycles. The minimum absolute atomic E-state index is 0.0914. The highest BCUT2D eigenvalue weighted by Crippen LogP contribution is 2.48. The zero-order chi connectivity index (χ0) is 52.2. The minimum Gasteiger partial charge on any atom is -0.466 e. The molecule has 0 radical (unpaired) electrons. The Bertz CT molecular complexity index is 3320. The van der Waals surface area contributed by atoms with Crippen LogP contribution in [0.2, 0.25) is 0 Å². The smallest absolute Gasteiger partial charge is 0.330 e. The predicted octanol–water partition coefficient (Wildman–Crippen LogP) is 9.16. The number of aromatic nitrogens is 15. The van der Waals surface area contributed by atoms with Crippen molar-refractivity contribution in [3.05, 3.63) is 84.5 Å². The van der Waals surface area contributed by atoms with E-state index in [2.05, 4.69) is 94.5 Å². The molecule has 9 aromatic heterocycles. The lowest BCUT2D eigenvalue weighted by atomic mass is 9.93. The molecule has 75 heavy (non-hydrogen) atoms. The Kier molecular flexibility index (Phi) is 15.3. The Hall–Kier alpha value is -7.58. The number of ether oxygens (including phenoxy) is 3. The van der Waals surface area contributed by atoms with Gasteiger partial charge in [-0.2, -0.15) is 0 Å². The van der Waals surface area contributed by atoms with Crippen molar-refractivity contribution in [2.75, 3.05) is 19.8 Å². The first-order valence-corrected chi connectivity index (χ1v) is 26.8. The highest BCUT2D eigenvalue weighted by atomic mass is 16.5. The van der Waals surface area contributed by atoms with Gasteiger partial charge in [0, 0.05) is 55.3 Å². The van der Waals surface area contributed by atoms with Crippen molar-refractivity contribution in [3.8, 4) is 0 Å². The third-order valence-electron chi connectivity index (χ3n) is 15.8. The molecule has 21 nitrogen and oxygen atoms in total. The van der Waals surface area contributed by atoms with Crippen LogP contribution in [0.5, 0.6) is 0 Å². The van der Waals surface area contributed by atoms with Crippen LogP contribution >= 0.6 is 0 Å². The number of hydrogen-bond donors (Lipinski definition) is 3. The van der Waals surface area contributed by atoms with E-state index in [1.165, 1.54) is 0 Å². The zero-order valence-electron chi connectivity index (χ0n) is 43.6. The molecule has 12 rings (SSSR count). The summed E-state index contributed by atoms with van der Waals surface area (Å²) in [5.41, 5.74) is 8.90. The molecule has 0 spiro atoms. The van der Waals surface area contributed by atoms with Crippen LogP contribution in [0.15, 0.2) is 67.0 Å². The van der Waals surface area contributed by atoms with E-state index in [0.717, 1.165) is 131 Å². The molecule has 0 amide bonds. The zero-order valence-corrected chi connectivity index (χ0v) is 43.6. The Labute approximate surface area is 433 Å². The molecular formula is C54H67N15O6. The van der Waals surface area contributed by atoms with Gasteiger partial charge in [-0.15, -0.1) is 30.6 Å². The SMILES string of the molecule is CCOC(=O)C=C1CC(CC)C(c2nnc3cnc4[nH]ccc4n23)C1.CCOC(=O)C[C@@H]1C[C@@H](CC)[C@@H](c2nnc3cnc4[nH]ccc4n23)C1.CCOC(=O)C[C@H]1C[C@@H](CC)[C@@H](c2nnc3cnc4[nH]ccc4n23)C1. The summed E-state index contributed by atoms with van der Waals surface area (Å²) >= 11 is 0. The van der Waals surface area contributed by atoms with Crippen molar-refractivity contribution in [1.82, 2.24) is 73.7 Å². The Morgan fingerprint density at radius 1 is 0.520 bits per heavy atom. The summed E-state index contributed by atoms with van der Waals surface area (Å²) in [7, 11) is 0. The highest BCUT2D eigenvalue weighted by Gasteiger charge is 2.40. The van der Waals surface area contributed by atoms with E-state index in [-0.39, 0.29) is 23.8 Å². The van der Waals surface area contributed by atoms with Crippen LogP contribution in [0.4, 0.5) is 0 Å². The first kappa shape index (κ1) is 50.9. The van der Waals surface area contributed by atoms with Crippen molar-refractivity contribution in [1.29, 1.82) is 0 Å². The van der Waals surface area contributed by atoms with Gasteiger partial charge in [0.15, 0.2) is 33.9 Å². The average molecular weight is 1020 g/mol. The second-order valence-electron chi connectivity index (χ2n) is 20.1. The third kappa shape index (κ3) is 10.3. The van der Waals surface area contributed by atoms with E-state index in [4.69, 9.17) is 14.2 Å². The van der Waals surface area contributed by atoms with Crippen molar-refractivity contribution in [2.45, 2.75) is 130 Å². The maximum Gasteiger partial charge on any atom is 0.330 e. The molecule has 3 aliphatic carbocycles. The van der Waals surface area contributed by atoms with Crippen molar-refractivity contribution < 1.29 is 28.6 Å². The summed E-state index contributed by atoms with van der Waals surface area (Å²) in [6.45, 7) is 13.4. The Balaban J connectivity index is 0.000000128. The van der Waals surface area contributed by atoms with Crippen LogP contribution in [0.3, 0.4) is 0 Å². The van der Waals surface area contributed by atoms with Gasteiger partial charge in [0.05, 0.1) is 55.0 Å². The lowest BCUT2D eigenvalue weighted by Crippen LogP contribution is -2.10. The maximum absolute atomic E-state index is 11.9. The summed E-state index contributed by atoms with van der Waals surface area (Å²) in [6.07, 6.45) is 22.4. The number of rotatable bonds is 14. The van der Waals surface area contributed by atoms with E-state index in [1.807, 2.05) is 57.6 Å². The lowest BCUT2D eigenvalue weighted by molar-refractivity contribution is -0.145. The van der Waals surface area contributed by atoms with E-state index in [9.17, 15) is 14.4 Å². The van der Waals surface area contributed by atoms with Gasteiger partial charge in [-0.25, -0.2) is 19.7 Å². The van der Waals surface area contributed by atoms with Gasteiger partial charge in [0.25, 0.3) is 0 Å². The molecule has 3 aliphatic rings. The normalized spacial score (nSPS) is 23.1. The Morgan fingerprint density at radius 2 is 0.920 bits per heavy atom. The summed E-state index contributed by atoms with van der Waals surface area (Å²) in [5.74, 6) is 5.49. The number of nitrogens with one attached hydrogen (secondary N) is 3. The second kappa shape index (κ2) is 22.5. The van der Waals surface area contributed by atoms with Crippen LogP contribution < -0.4 is 0 Å². The first-order chi connectivity index (χ1) is 36.6. The molecule has 0 aliphatic heterocycles. The molecule has 8 atom stereocenters. The number of carbonyl (C=O) groups is 3. The number of carbonyl (C=O) groups excluding carboxylic acids is 3. The number of allylic oxidation sites excluding steroid dienone is 1. The molecule has 394 valence electrons. The van der Waals surface area contributed by atoms with Gasteiger partial charge in [-0.05, 0) is 107 Å². The molecule has 21 heteroatoms. The standard InChI is InChI=1S/2C18H23N5O2.C18H21N5O2/c3*1-3-12-7-11(9-16(24)25-4-2)8-13(12)18-22-21-15-10-20-17-14(23(15)18)5-6-19-17/h2*5-6,10-13,19H,3-4,7-9H2,1-2H3;5-6,9-10,12-13,19H,3-4,7-8H2,1-2H3/t11-,12+,13-;11-,12-,13+;/m01./s1. The minimum atomic E-state index is -0.253.